The molecule has 1 aliphatic rings. The van der Waals surface area contributed by atoms with Crippen molar-refractivity contribution in [3.8, 4) is 0 Å². The van der Waals surface area contributed by atoms with Crippen molar-refractivity contribution in [3.63, 3.8) is 0 Å². The zero-order chi connectivity index (χ0) is 19.5. The Morgan fingerprint density at radius 1 is 1.11 bits per heavy atom. The van der Waals surface area contributed by atoms with Crippen LogP contribution in [0.3, 0.4) is 0 Å². The van der Waals surface area contributed by atoms with Crippen LogP contribution in [0.25, 0.3) is 5.65 Å². The molecule has 1 aromatic carbocycles. The van der Waals surface area contributed by atoms with Crippen LogP contribution in [-0.2, 0) is 9.59 Å². The molecule has 1 aliphatic heterocycles. The van der Waals surface area contributed by atoms with E-state index in [9.17, 15) is 14.7 Å². The first-order chi connectivity index (χ1) is 13.6. The van der Waals surface area contributed by atoms with E-state index in [1.807, 2.05) is 6.07 Å². The van der Waals surface area contributed by atoms with Crippen molar-refractivity contribution in [2.75, 3.05) is 18.0 Å². The smallest absolute Gasteiger partial charge is 0.330 e. The van der Waals surface area contributed by atoms with Gasteiger partial charge in [-0.1, -0.05) is 30.3 Å². The lowest BCUT2D eigenvalue weighted by atomic mass is 9.95. The number of amides is 1. The van der Waals surface area contributed by atoms with E-state index in [2.05, 4.69) is 30.8 Å². The zero-order valence-corrected chi connectivity index (χ0v) is 15.0. The van der Waals surface area contributed by atoms with Crippen LogP contribution < -0.4 is 10.2 Å². The first-order valence-corrected chi connectivity index (χ1v) is 9.00. The molecule has 4 rings (SSSR count). The number of carboxylic acid groups (broad SMARTS) is 1. The third-order valence-corrected chi connectivity index (χ3v) is 4.91. The zero-order valence-electron chi connectivity index (χ0n) is 15.0. The van der Waals surface area contributed by atoms with E-state index in [1.54, 1.807) is 36.4 Å². The van der Waals surface area contributed by atoms with Crippen LogP contribution in [0.15, 0.2) is 42.5 Å². The van der Waals surface area contributed by atoms with Crippen LogP contribution in [0.1, 0.15) is 24.4 Å². The van der Waals surface area contributed by atoms with Crippen LogP contribution in [0, 0.1) is 5.92 Å². The molecule has 144 valence electrons. The fourth-order valence-electron chi connectivity index (χ4n) is 3.37. The number of tetrazole rings is 1. The lowest BCUT2D eigenvalue weighted by molar-refractivity contribution is -0.142. The summed E-state index contributed by atoms with van der Waals surface area (Å²) in [6.45, 7) is 1.28. The summed E-state index contributed by atoms with van der Waals surface area (Å²) in [6.07, 6.45) is 1.23. The summed E-state index contributed by atoms with van der Waals surface area (Å²) in [5.41, 5.74) is 1.12. The first kappa shape index (κ1) is 17.8. The number of aliphatic carboxylic acids is 1. The topological polar surface area (TPSA) is 126 Å². The van der Waals surface area contributed by atoms with Crippen LogP contribution >= 0.6 is 0 Å². The van der Waals surface area contributed by atoms with Crippen molar-refractivity contribution in [1.29, 1.82) is 0 Å². The molecular weight excluding hydrogens is 362 g/mol. The molecule has 0 bridgehead atoms. The summed E-state index contributed by atoms with van der Waals surface area (Å²) in [5, 5.41) is 27.7. The van der Waals surface area contributed by atoms with E-state index in [-0.39, 0.29) is 11.8 Å². The van der Waals surface area contributed by atoms with Gasteiger partial charge < -0.3 is 15.3 Å². The molecule has 2 aromatic heterocycles. The predicted molar refractivity (Wildman–Crippen MR) is 98.5 cm³/mol. The van der Waals surface area contributed by atoms with Crippen LogP contribution in [-0.4, -0.2) is 55.3 Å². The van der Waals surface area contributed by atoms with E-state index in [0.717, 1.165) is 5.82 Å². The molecule has 10 heteroatoms. The van der Waals surface area contributed by atoms with Gasteiger partial charge in [0.05, 0.1) is 0 Å². The Morgan fingerprint density at radius 3 is 2.57 bits per heavy atom. The number of benzene rings is 1. The molecule has 10 nitrogen and oxygen atoms in total. The monoisotopic (exact) mass is 381 g/mol. The molecule has 3 heterocycles. The molecule has 1 fully saturated rings. The maximum absolute atomic E-state index is 12.6. The quantitative estimate of drug-likeness (QED) is 0.661. The van der Waals surface area contributed by atoms with E-state index in [4.69, 9.17) is 0 Å². The van der Waals surface area contributed by atoms with Crippen LogP contribution in [0.4, 0.5) is 5.82 Å². The molecule has 2 N–H and O–H groups in total. The van der Waals surface area contributed by atoms with E-state index in [0.29, 0.717) is 37.1 Å². The van der Waals surface area contributed by atoms with Gasteiger partial charge in [-0.15, -0.1) is 14.8 Å². The highest BCUT2D eigenvalue weighted by atomic mass is 16.4. The molecule has 1 atom stereocenters. The normalized spacial score (nSPS) is 16.1. The number of hydrogen-bond acceptors (Lipinski definition) is 7. The second kappa shape index (κ2) is 7.59. The van der Waals surface area contributed by atoms with Gasteiger partial charge in [-0.2, -0.15) is 0 Å². The van der Waals surface area contributed by atoms with Gasteiger partial charge in [0.1, 0.15) is 0 Å². The molecule has 1 saturated heterocycles. The molecular formula is C18H19N7O3. The van der Waals surface area contributed by atoms with Gasteiger partial charge >= 0.3 is 5.97 Å². The van der Waals surface area contributed by atoms with E-state index in [1.165, 1.54) is 4.63 Å². The van der Waals surface area contributed by atoms with Gasteiger partial charge in [-0.25, -0.2) is 4.79 Å². The fraction of sp³-hybridized carbons (Fsp3) is 0.333. The fourth-order valence-corrected chi connectivity index (χ4v) is 3.37. The van der Waals surface area contributed by atoms with Crippen molar-refractivity contribution in [2.45, 2.75) is 18.9 Å². The first-order valence-electron chi connectivity index (χ1n) is 9.00. The minimum Gasteiger partial charge on any atom is -0.479 e. The highest BCUT2D eigenvalue weighted by Crippen LogP contribution is 2.23. The van der Waals surface area contributed by atoms with Crippen LogP contribution in [0.2, 0.25) is 0 Å². The van der Waals surface area contributed by atoms with Crippen molar-refractivity contribution < 1.29 is 14.7 Å². The molecule has 28 heavy (non-hydrogen) atoms. The SMILES string of the molecule is O=C(NC(C(=O)O)c1ccccc1)C1CCN(c2ccc3nnnn3n2)CC1. The van der Waals surface area contributed by atoms with Gasteiger partial charge in [0.2, 0.25) is 5.91 Å². The summed E-state index contributed by atoms with van der Waals surface area (Å²) in [4.78, 5) is 26.3. The Labute approximate surface area is 160 Å². The Balaban J connectivity index is 1.38. The lowest BCUT2D eigenvalue weighted by Gasteiger charge is -2.32. The highest BCUT2D eigenvalue weighted by Gasteiger charge is 2.29. The molecule has 3 aromatic rings. The Kier molecular flexibility index (Phi) is 4.83. The number of nitrogens with one attached hydrogen (secondary N) is 1. The van der Waals surface area contributed by atoms with E-state index < -0.39 is 12.0 Å². The maximum atomic E-state index is 12.6. The number of piperidine rings is 1. The second-order valence-electron chi connectivity index (χ2n) is 6.67. The molecule has 1 unspecified atom stereocenters. The molecule has 0 spiro atoms. The number of nitrogens with zero attached hydrogens (tertiary/aromatic N) is 6. The van der Waals surface area contributed by atoms with Gasteiger partial charge in [0.15, 0.2) is 17.5 Å². The molecule has 0 radical (unpaired) electrons. The number of carbonyl (C=O) groups excluding carboxylic acids is 1. The predicted octanol–water partition coefficient (Wildman–Crippen LogP) is 0.678. The number of carboxylic acids is 1. The number of aromatic nitrogens is 5. The molecule has 1 amide bonds. The van der Waals surface area contributed by atoms with Gasteiger partial charge in [0, 0.05) is 19.0 Å². The Hall–Kier alpha value is -3.56. The van der Waals surface area contributed by atoms with Crippen molar-refractivity contribution in [1.82, 2.24) is 30.6 Å². The van der Waals surface area contributed by atoms with Crippen molar-refractivity contribution in [2.24, 2.45) is 5.92 Å². The summed E-state index contributed by atoms with van der Waals surface area (Å²) in [6, 6.07) is 11.3. The molecule has 0 saturated carbocycles. The number of fused-ring (bicyclic) bond motifs is 1. The summed E-state index contributed by atoms with van der Waals surface area (Å²) >= 11 is 0. The van der Waals surface area contributed by atoms with Gasteiger partial charge in [-0.05, 0) is 41.0 Å². The van der Waals surface area contributed by atoms with Gasteiger partial charge in [0.25, 0.3) is 0 Å². The second-order valence-corrected chi connectivity index (χ2v) is 6.67. The third kappa shape index (κ3) is 3.61. The van der Waals surface area contributed by atoms with Crippen LogP contribution in [0.5, 0.6) is 0 Å². The molecule has 0 aliphatic carbocycles. The number of hydrogen-bond donors (Lipinski definition) is 2. The average Bonchev–Trinajstić information content (AvgIpc) is 3.20. The number of rotatable bonds is 5. The standard InChI is InChI=1S/C18H19N7O3/c26-17(19-16(18(27)28)12-4-2-1-3-5-12)13-8-10-24(11-9-13)15-7-6-14-20-22-23-25(14)21-15/h1-7,13,16H,8-11H2,(H,19,26)(H,27,28). The van der Waals surface area contributed by atoms with Gasteiger partial charge in [-0.3, -0.25) is 4.79 Å². The summed E-state index contributed by atoms with van der Waals surface area (Å²) in [7, 11) is 0. The minimum atomic E-state index is -1.07. The maximum Gasteiger partial charge on any atom is 0.330 e. The third-order valence-electron chi connectivity index (χ3n) is 4.91. The van der Waals surface area contributed by atoms with E-state index >= 15 is 0 Å². The van der Waals surface area contributed by atoms with Crippen molar-refractivity contribution >= 4 is 23.3 Å². The van der Waals surface area contributed by atoms with Crippen molar-refractivity contribution in [3.05, 3.63) is 48.0 Å². The summed E-state index contributed by atoms with van der Waals surface area (Å²) < 4.78 is 1.37. The number of anilines is 1. The lowest BCUT2D eigenvalue weighted by Crippen LogP contribution is -2.43. The average molecular weight is 381 g/mol. The highest BCUT2D eigenvalue weighted by molar-refractivity contribution is 5.86. The minimum absolute atomic E-state index is 0.236. The summed E-state index contributed by atoms with van der Waals surface area (Å²) in [5.74, 6) is -0.805. The largest absolute Gasteiger partial charge is 0.479 e. The Morgan fingerprint density at radius 2 is 1.86 bits per heavy atom. The number of carbonyl (C=O) groups is 2. The Bertz CT molecular complexity index is 983.